The van der Waals surface area contributed by atoms with Crippen LogP contribution in [0.5, 0.6) is 0 Å². The second-order valence-electron chi connectivity index (χ2n) is 2.44. The van der Waals surface area contributed by atoms with Crippen molar-refractivity contribution < 1.29 is 91.4 Å². The molecule has 1 radical (unpaired) electrons. The van der Waals surface area contributed by atoms with Gasteiger partial charge in [-0.15, -0.1) is 0 Å². The zero-order valence-corrected chi connectivity index (χ0v) is 16.3. The molecule has 0 saturated carbocycles. The standard InChI is InChI=1S/3C2H6O4S.Gd/c3*1-2-6-7(3,4)5;/h3*2H2,1H3,(H,3,4,5);/q;;;+3/p-3. The van der Waals surface area contributed by atoms with Gasteiger partial charge in [0.1, 0.15) is 0 Å². The molecule has 12 nitrogen and oxygen atoms in total. The maximum atomic E-state index is 9.45. The van der Waals surface area contributed by atoms with Crippen molar-refractivity contribution in [3.63, 3.8) is 0 Å². The Balaban J connectivity index is -0.000000108. The summed E-state index contributed by atoms with van der Waals surface area (Å²) >= 11 is 0. The maximum absolute atomic E-state index is 9.45. The SMILES string of the molecule is CCOS(=O)(=O)[O-].CCOS(=O)(=O)[O-].CCOS(=O)(=O)[O-].[Gd+3]. The first-order chi connectivity index (χ1) is 9.18. The van der Waals surface area contributed by atoms with Crippen LogP contribution >= 0.6 is 0 Å². The summed E-state index contributed by atoms with van der Waals surface area (Å²) in [6.45, 7) is 4.00. The van der Waals surface area contributed by atoms with Crippen molar-refractivity contribution >= 4 is 31.2 Å². The van der Waals surface area contributed by atoms with Crippen LogP contribution in [0.3, 0.4) is 0 Å². The number of hydrogen-bond donors (Lipinski definition) is 0. The van der Waals surface area contributed by atoms with E-state index in [2.05, 4.69) is 12.5 Å². The van der Waals surface area contributed by atoms with Crippen LogP contribution in [-0.2, 0) is 43.7 Å². The van der Waals surface area contributed by atoms with E-state index in [0.717, 1.165) is 0 Å². The van der Waals surface area contributed by atoms with Crippen LogP contribution in [0, 0.1) is 39.9 Å². The Morgan fingerprint density at radius 3 is 0.727 bits per heavy atom. The predicted molar refractivity (Wildman–Crippen MR) is 64.0 cm³/mol. The van der Waals surface area contributed by atoms with Crippen LogP contribution in [0.4, 0.5) is 0 Å². The summed E-state index contributed by atoms with van der Waals surface area (Å²) in [5, 5.41) is 0. The molecule has 0 fully saturated rings. The molecule has 0 aliphatic heterocycles. The van der Waals surface area contributed by atoms with Crippen molar-refractivity contribution in [1.29, 1.82) is 0 Å². The zero-order chi connectivity index (χ0) is 17.7. The van der Waals surface area contributed by atoms with Crippen LogP contribution < -0.4 is 0 Å². The molecule has 0 aliphatic carbocycles. The normalized spacial score (nSPS) is 11.2. The van der Waals surface area contributed by atoms with Crippen molar-refractivity contribution in [3.05, 3.63) is 0 Å². The number of hydrogen-bond acceptors (Lipinski definition) is 12. The Morgan fingerprint density at radius 2 is 0.727 bits per heavy atom. The second kappa shape index (κ2) is 15.5. The van der Waals surface area contributed by atoms with Gasteiger partial charge in [-0.05, 0) is 20.8 Å². The molecular weight excluding hydrogens is 518 g/mol. The average molecular weight is 533 g/mol. The van der Waals surface area contributed by atoms with E-state index in [4.69, 9.17) is 0 Å². The summed E-state index contributed by atoms with van der Waals surface area (Å²) in [5.74, 6) is 0. The minimum absolute atomic E-state index is 0. The molecule has 0 N–H and O–H groups in total. The van der Waals surface area contributed by atoms with Crippen LogP contribution in [0.15, 0.2) is 0 Å². The van der Waals surface area contributed by atoms with Gasteiger partial charge in [-0.2, -0.15) is 0 Å². The summed E-state index contributed by atoms with van der Waals surface area (Å²) in [6, 6.07) is 0. The fraction of sp³-hybridized carbons (Fsp3) is 1.00. The van der Waals surface area contributed by atoms with E-state index in [9.17, 15) is 38.9 Å². The van der Waals surface area contributed by atoms with E-state index in [1.54, 1.807) is 0 Å². The summed E-state index contributed by atoms with van der Waals surface area (Å²) in [6.07, 6.45) is 0. The Bertz CT molecular complexity index is 455. The van der Waals surface area contributed by atoms with E-state index in [0.29, 0.717) is 0 Å². The smallest absolute Gasteiger partial charge is 0.726 e. The molecule has 0 rings (SSSR count). The van der Waals surface area contributed by atoms with Gasteiger partial charge in [-0.1, -0.05) is 0 Å². The Labute approximate surface area is 162 Å². The van der Waals surface area contributed by atoms with Crippen molar-refractivity contribution in [1.82, 2.24) is 0 Å². The zero-order valence-electron chi connectivity index (χ0n) is 11.6. The molecule has 0 aromatic rings. The number of rotatable bonds is 6. The third kappa shape index (κ3) is 49.7. The topological polar surface area (TPSA) is 199 Å². The maximum Gasteiger partial charge on any atom is 3.00 e. The van der Waals surface area contributed by atoms with E-state index >= 15 is 0 Å². The van der Waals surface area contributed by atoms with Crippen molar-refractivity contribution in [2.45, 2.75) is 20.8 Å². The van der Waals surface area contributed by atoms with E-state index in [-0.39, 0.29) is 59.8 Å². The molecule has 0 aliphatic rings. The van der Waals surface area contributed by atoms with E-state index < -0.39 is 31.2 Å². The van der Waals surface area contributed by atoms with Gasteiger partial charge in [0.15, 0.2) is 0 Å². The quantitative estimate of drug-likeness (QED) is 0.282. The molecule has 0 atom stereocenters. The molecule has 137 valence electrons. The Morgan fingerprint density at radius 1 is 0.591 bits per heavy atom. The molecule has 22 heavy (non-hydrogen) atoms. The third-order valence-corrected chi connectivity index (χ3v) is 2.36. The van der Waals surface area contributed by atoms with Gasteiger partial charge in [0.2, 0.25) is 31.2 Å². The fourth-order valence-corrected chi connectivity index (χ4v) is 1.30. The van der Waals surface area contributed by atoms with Gasteiger partial charge in [0, 0.05) is 0 Å². The summed E-state index contributed by atoms with van der Waals surface area (Å²) < 4.78 is 96.0. The Hall–Kier alpha value is 0.935. The van der Waals surface area contributed by atoms with Gasteiger partial charge in [-0.3, -0.25) is 12.5 Å². The largest absolute Gasteiger partial charge is 3.00 e. The van der Waals surface area contributed by atoms with Gasteiger partial charge >= 0.3 is 39.9 Å². The first-order valence-electron chi connectivity index (χ1n) is 4.99. The minimum Gasteiger partial charge on any atom is -0.726 e. The molecule has 0 bridgehead atoms. The summed E-state index contributed by atoms with van der Waals surface area (Å²) in [5.41, 5.74) is 0. The first kappa shape index (κ1) is 30.8. The molecule has 0 aromatic carbocycles. The molecule has 0 aromatic heterocycles. The summed E-state index contributed by atoms with van der Waals surface area (Å²) in [4.78, 5) is 0. The van der Waals surface area contributed by atoms with Crippen LogP contribution in [0.25, 0.3) is 0 Å². The molecular formula is C6H15GdO12S3. The predicted octanol–water partition coefficient (Wildman–Crippen LogP) is -1.55. The van der Waals surface area contributed by atoms with Crippen molar-refractivity contribution in [3.8, 4) is 0 Å². The first-order valence-corrected chi connectivity index (χ1v) is 8.99. The van der Waals surface area contributed by atoms with Gasteiger partial charge in [0.05, 0.1) is 19.8 Å². The molecule has 0 saturated heterocycles. The molecule has 0 amide bonds. The van der Waals surface area contributed by atoms with Gasteiger partial charge in [-0.25, -0.2) is 25.3 Å². The van der Waals surface area contributed by atoms with E-state index in [1.807, 2.05) is 0 Å². The van der Waals surface area contributed by atoms with Gasteiger partial charge < -0.3 is 13.7 Å². The summed E-state index contributed by atoms with van der Waals surface area (Å²) in [7, 11) is -13.3. The van der Waals surface area contributed by atoms with Crippen LogP contribution in [-0.4, -0.2) is 58.7 Å². The Kier molecular flexibility index (Phi) is 21.6. The minimum atomic E-state index is -4.42. The van der Waals surface area contributed by atoms with E-state index in [1.165, 1.54) is 20.8 Å². The third-order valence-electron chi connectivity index (χ3n) is 0.787. The second-order valence-corrected chi connectivity index (χ2v) is 5.60. The molecule has 0 spiro atoms. The van der Waals surface area contributed by atoms with Crippen LogP contribution in [0.1, 0.15) is 20.8 Å². The van der Waals surface area contributed by atoms with Crippen LogP contribution in [0.2, 0.25) is 0 Å². The van der Waals surface area contributed by atoms with Gasteiger partial charge in [0.25, 0.3) is 0 Å². The van der Waals surface area contributed by atoms with Crippen molar-refractivity contribution in [2.24, 2.45) is 0 Å². The monoisotopic (exact) mass is 533 g/mol. The molecule has 0 heterocycles. The fourth-order valence-electron chi connectivity index (χ4n) is 0.433. The molecule has 0 unspecified atom stereocenters. The molecule has 16 heteroatoms. The average Bonchev–Trinajstić information content (AvgIpc) is 2.12. The van der Waals surface area contributed by atoms with Crippen molar-refractivity contribution in [2.75, 3.05) is 19.8 Å².